The van der Waals surface area contributed by atoms with Crippen molar-refractivity contribution in [1.29, 1.82) is 0 Å². The summed E-state index contributed by atoms with van der Waals surface area (Å²) in [5.41, 5.74) is 3.20. The molecule has 3 rings (SSSR count). The van der Waals surface area contributed by atoms with Crippen LogP contribution in [0, 0.1) is 6.92 Å². The molecule has 0 saturated carbocycles. The van der Waals surface area contributed by atoms with Gasteiger partial charge in [-0.05, 0) is 35.8 Å². The number of nitrogens with zero attached hydrogens (tertiary/aromatic N) is 1. The number of carbonyl (C=O) groups is 2. The van der Waals surface area contributed by atoms with E-state index in [1.165, 1.54) is 11.0 Å². The van der Waals surface area contributed by atoms with Gasteiger partial charge < -0.3 is 0 Å². The van der Waals surface area contributed by atoms with E-state index in [1.807, 2.05) is 85.8 Å². The molecule has 0 bridgehead atoms. The van der Waals surface area contributed by atoms with Crippen LogP contribution in [0.1, 0.15) is 27.0 Å². The van der Waals surface area contributed by atoms with Crippen LogP contribution in [0.4, 0.5) is 0 Å². The zero-order valence-electron chi connectivity index (χ0n) is 15.2. The van der Waals surface area contributed by atoms with E-state index in [0.717, 1.165) is 16.7 Å². The molecule has 0 fully saturated rings. The van der Waals surface area contributed by atoms with Gasteiger partial charge in [-0.2, -0.15) is 0 Å². The van der Waals surface area contributed by atoms with Crippen molar-refractivity contribution in [2.24, 2.45) is 0 Å². The summed E-state index contributed by atoms with van der Waals surface area (Å²) in [5.74, 6) is -0.629. The molecule has 0 saturated heterocycles. The minimum absolute atomic E-state index is 0.228. The molecule has 0 aromatic heterocycles. The highest BCUT2D eigenvalue weighted by Crippen LogP contribution is 2.15. The number of benzene rings is 3. The van der Waals surface area contributed by atoms with Crippen molar-refractivity contribution in [3.8, 4) is 0 Å². The molecule has 0 atom stereocenters. The molecule has 0 unspecified atom stereocenters. The lowest BCUT2D eigenvalue weighted by atomic mass is 10.1. The van der Waals surface area contributed by atoms with Crippen LogP contribution in [0.5, 0.6) is 0 Å². The van der Waals surface area contributed by atoms with Crippen LogP contribution in [-0.4, -0.2) is 16.7 Å². The summed E-state index contributed by atoms with van der Waals surface area (Å²) in [7, 11) is 0. The Labute approximate surface area is 159 Å². The van der Waals surface area contributed by atoms with E-state index in [2.05, 4.69) is 0 Å². The highest BCUT2D eigenvalue weighted by atomic mass is 16.2. The first-order chi connectivity index (χ1) is 13.1. The lowest BCUT2D eigenvalue weighted by Crippen LogP contribution is -2.35. The fourth-order valence-electron chi connectivity index (χ4n) is 2.80. The fraction of sp³-hybridized carbons (Fsp3) is 0.0833. The van der Waals surface area contributed by atoms with Crippen LogP contribution in [0.25, 0.3) is 6.08 Å². The third-order valence-electron chi connectivity index (χ3n) is 4.29. The molecule has 134 valence electrons. The number of aryl methyl sites for hydroxylation is 1. The van der Waals surface area contributed by atoms with E-state index in [4.69, 9.17) is 0 Å². The summed E-state index contributed by atoms with van der Waals surface area (Å²) in [4.78, 5) is 27.2. The highest BCUT2D eigenvalue weighted by Gasteiger charge is 2.22. The van der Waals surface area contributed by atoms with Gasteiger partial charge in [0.1, 0.15) is 0 Å². The predicted molar refractivity (Wildman–Crippen MR) is 108 cm³/mol. The van der Waals surface area contributed by atoms with Gasteiger partial charge in [-0.3, -0.25) is 14.5 Å². The summed E-state index contributed by atoms with van der Waals surface area (Å²) in [6, 6.07) is 26.4. The molecule has 0 radical (unpaired) electrons. The lowest BCUT2D eigenvalue weighted by molar-refractivity contribution is -0.124. The van der Waals surface area contributed by atoms with E-state index in [-0.39, 0.29) is 18.4 Å². The van der Waals surface area contributed by atoms with Crippen molar-refractivity contribution in [2.75, 3.05) is 0 Å². The quantitative estimate of drug-likeness (QED) is 0.612. The van der Waals surface area contributed by atoms with Crippen molar-refractivity contribution < 1.29 is 9.59 Å². The Hall–Kier alpha value is -3.46. The number of carbonyl (C=O) groups excluding carboxylic acids is 2. The van der Waals surface area contributed by atoms with Gasteiger partial charge >= 0.3 is 0 Å². The predicted octanol–water partition coefficient (Wildman–Crippen LogP) is 4.88. The molecule has 27 heavy (non-hydrogen) atoms. The molecule has 2 amide bonds. The Kier molecular flexibility index (Phi) is 5.95. The molecule has 0 aliphatic carbocycles. The van der Waals surface area contributed by atoms with Crippen LogP contribution in [0.15, 0.2) is 91.0 Å². The Morgan fingerprint density at radius 1 is 0.815 bits per heavy atom. The zero-order valence-corrected chi connectivity index (χ0v) is 15.2. The molecule has 0 aliphatic rings. The zero-order chi connectivity index (χ0) is 19.1. The first kappa shape index (κ1) is 18.3. The van der Waals surface area contributed by atoms with Crippen LogP contribution in [0.2, 0.25) is 0 Å². The molecule has 0 heterocycles. The molecule has 3 aromatic rings. The summed E-state index contributed by atoms with van der Waals surface area (Å²) in [6.45, 7) is 2.10. The number of rotatable bonds is 5. The van der Waals surface area contributed by atoms with Crippen molar-refractivity contribution in [1.82, 2.24) is 4.90 Å². The summed E-state index contributed by atoms with van der Waals surface area (Å²) < 4.78 is 0. The van der Waals surface area contributed by atoms with Gasteiger partial charge in [0.2, 0.25) is 0 Å². The van der Waals surface area contributed by atoms with Crippen LogP contribution < -0.4 is 0 Å². The number of hydrogen-bond acceptors (Lipinski definition) is 2. The van der Waals surface area contributed by atoms with Gasteiger partial charge in [-0.1, -0.05) is 78.9 Å². The Morgan fingerprint density at radius 2 is 1.41 bits per heavy atom. The smallest absolute Gasteiger partial charge is 0.261 e. The second-order valence-electron chi connectivity index (χ2n) is 6.27. The van der Waals surface area contributed by atoms with Gasteiger partial charge in [0.15, 0.2) is 0 Å². The SMILES string of the molecule is Cc1ccccc1C(=O)N(Cc1ccccc1)C(=O)/C=C/c1ccccc1. The second kappa shape index (κ2) is 8.77. The monoisotopic (exact) mass is 355 g/mol. The topological polar surface area (TPSA) is 37.4 Å². The van der Waals surface area contributed by atoms with Crippen LogP contribution >= 0.6 is 0 Å². The molecular weight excluding hydrogens is 334 g/mol. The van der Waals surface area contributed by atoms with Gasteiger partial charge in [-0.25, -0.2) is 0 Å². The molecule has 3 nitrogen and oxygen atoms in total. The Bertz CT molecular complexity index is 946. The van der Waals surface area contributed by atoms with E-state index in [9.17, 15) is 9.59 Å². The molecule has 0 aliphatic heterocycles. The van der Waals surface area contributed by atoms with Crippen molar-refractivity contribution in [3.63, 3.8) is 0 Å². The Balaban J connectivity index is 1.89. The standard InChI is InChI=1S/C24H21NO2/c1-19-10-8-9-15-22(19)24(27)25(18-21-13-6-3-7-14-21)23(26)17-16-20-11-4-2-5-12-20/h2-17H,18H2,1H3/b17-16+. The molecule has 0 N–H and O–H groups in total. The largest absolute Gasteiger partial charge is 0.270 e. The highest BCUT2D eigenvalue weighted by molar-refractivity contribution is 6.09. The molecule has 0 spiro atoms. The number of hydrogen-bond donors (Lipinski definition) is 0. The minimum atomic E-state index is -0.337. The van der Waals surface area contributed by atoms with E-state index >= 15 is 0 Å². The van der Waals surface area contributed by atoms with E-state index in [0.29, 0.717) is 5.56 Å². The van der Waals surface area contributed by atoms with E-state index < -0.39 is 0 Å². The van der Waals surface area contributed by atoms with Gasteiger partial charge in [-0.15, -0.1) is 0 Å². The first-order valence-corrected chi connectivity index (χ1v) is 8.83. The molecule has 3 aromatic carbocycles. The lowest BCUT2D eigenvalue weighted by Gasteiger charge is -2.20. The maximum absolute atomic E-state index is 13.1. The average molecular weight is 355 g/mol. The molecule has 3 heteroatoms. The van der Waals surface area contributed by atoms with Crippen molar-refractivity contribution in [2.45, 2.75) is 13.5 Å². The Morgan fingerprint density at radius 3 is 2.07 bits per heavy atom. The first-order valence-electron chi connectivity index (χ1n) is 8.83. The fourth-order valence-corrected chi connectivity index (χ4v) is 2.80. The third-order valence-corrected chi connectivity index (χ3v) is 4.29. The maximum atomic E-state index is 13.1. The summed E-state index contributed by atoms with van der Waals surface area (Å²) >= 11 is 0. The van der Waals surface area contributed by atoms with Gasteiger partial charge in [0.05, 0.1) is 6.54 Å². The van der Waals surface area contributed by atoms with Crippen molar-refractivity contribution in [3.05, 3.63) is 113 Å². The normalized spacial score (nSPS) is 10.7. The summed E-state index contributed by atoms with van der Waals surface area (Å²) in [6.07, 6.45) is 3.18. The van der Waals surface area contributed by atoms with Gasteiger partial charge in [0.25, 0.3) is 11.8 Å². The number of imide groups is 1. The average Bonchev–Trinajstić information content (AvgIpc) is 2.72. The maximum Gasteiger partial charge on any atom is 0.261 e. The molecular formula is C24H21NO2. The van der Waals surface area contributed by atoms with Crippen LogP contribution in [0.3, 0.4) is 0 Å². The van der Waals surface area contributed by atoms with Gasteiger partial charge in [0, 0.05) is 11.6 Å². The minimum Gasteiger partial charge on any atom is -0.270 e. The number of amides is 2. The van der Waals surface area contributed by atoms with Crippen molar-refractivity contribution >= 4 is 17.9 Å². The second-order valence-corrected chi connectivity index (χ2v) is 6.27. The van der Waals surface area contributed by atoms with Crippen LogP contribution in [-0.2, 0) is 11.3 Å². The third kappa shape index (κ3) is 4.79. The summed E-state index contributed by atoms with van der Waals surface area (Å²) in [5, 5.41) is 0. The van der Waals surface area contributed by atoms with E-state index in [1.54, 1.807) is 12.1 Å².